The first kappa shape index (κ1) is 18.0. The Kier molecular flexibility index (Phi) is 5.19. The van der Waals surface area contributed by atoms with Gasteiger partial charge in [0.2, 0.25) is 0 Å². The van der Waals surface area contributed by atoms with Crippen LogP contribution in [0.4, 0.5) is 13.2 Å². The topological polar surface area (TPSA) is 52.3 Å². The van der Waals surface area contributed by atoms with Gasteiger partial charge in [0.15, 0.2) is 11.5 Å². The van der Waals surface area contributed by atoms with Crippen molar-refractivity contribution < 1.29 is 27.2 Å². The number of alkyl halides is 3. The SMILES string of the molecule is CSc1cc(COCC(F)(F)F)ccc1C(=O)c1cnoc1C1CC1. The molecule has 0 bridgehead atoms. The predicted molar refractivity (Wildman–Crippen MR) is 85.8 cm³/mol. The highest BCUT2D eigenvalue weighted by molar-refractivity contribution is 7.98. The van der Waals surface area contributed by atoms with Crippen molar-refractivity contribution in [2.24, 2.45) is 0 Å². The summed E-state index contributed by atoms with van der Waals surface area (Å²) in [6.07, 6.45) is 0.856. The van der Waals surface area contributed by atoms with Crippen LogP contribution in [-0.2, 0) is 11.3 Å². The quantitative estimate of drug-likeness (QED) is 0.527. The Labute approximate surface area is 146 Å². The predicted octanol–water partition coefficient (Wildman–Crippen LogP) is 4.58. The van der Waals surface area contributed by atoms with Gasteiger partial charge in [0, 0.05) is 16.4 Å². The Hall–Kier alpha value is -1.80. The Morgan fingerprint density at radius 1 is 1.36 bits per heavy atom. The maximum absolute atomic E-state index is 12.8. The second kappa shape index (κ2) is 7.21. The van der Waals surface area contributed by atoms with Crippen LogP contribution >= 0.6 is 11.8 Å². The van der Waals surface area contributed by atoms with Crippen molar-refractivity contribution in [3.63, 3.8) is 0 Å². The number of aromatic nitrogens is 1. The smallest absolute Gasteiger partial charge is 0.367 e. The van der Waals surface area contributed by atoms with Gasteiger partial charge >= 0.3 is 6.18 Å². The summed E-state index contributed by atoms with van der Waals surface area (Å²) in [4.78, 5) is 13.5. The standard InChI is InChI=1S/C17H16F3NO3S/c1-25-14-6-10(8-23-9-17(18,19)20)2-5-12(14)15(22)13-7-21-24-16(13)11-3-4-11/h2,5-7,11H,3-4,8-9H2,1H3. The molecule has 2 aromatic rings. The molecule has 134 valence electrons. The van der Waals surface area contributed by atoms with Crippen molar-refractivity contribution in [3.05, 3.63) is 46.8 Å². The number of carbonyl (C=O) groups is 1. The van der Waals surface area contributed by atoms with E-state index in [0.717, 1.165) is 12.8 Å². The first-order valence-electron chi connectivity index (χ1n) is 7.69. The summed E-state index contributed by atoms with van der Waals surface area (Å²) in [5, 5.41) is 3.74. The van der Waals surface area contributed by atoms with Gasteiger partial charge in [-0.05, 0) is 36.8 Å². The van der Waals surface area contributed by atoms with Gasteiger partial charge in [-0.2, -0.15) is 13.2 Å². The summed E-state index contributed by atoms with van der Waals surface area (Å²) >= 11 is 1.35. The number of rotatable bonds is 7. The van der Waals surface area contributed by atoms with Crippen LogP contribution < -0.4 is 0 Å². The van der Waals surface area contributed by atoms with Gasteiger partial charge in [-0.25, -0.2) is 0 Å². The van der Waals surface area contributed by atoms with Crippen molar-refractivity contribution in [2.75, 3.05) is 12.9 Å². The third-order valence-corrected chi connectivity index (χ3v) is 4.61. The van der Waals surface area contributed by atoms with Crippen LogP contribution in [0.3, 0.4) is 0 Å². The molecule has 1 aliphatic carbocycles. The summed E-state index contributed by atoms with van der Waals surface area (Å²) in [6, 6.07) is 4.90. The van der Waals surface area contributed by atoms with Crippen molar-refractivity contribution in [1.29, 1.82) is 0 Å². The molecule has 1 heterocycles. The molecule has 0 unspecified atom stereocenters. The van der Waals surface area contributed by atoms with Crippen LogP contribution in [0.2, 0.25) is 0 Å². The van der Waals surface area contributed by atoms with Gasteiger partial charge in [-0.1, -0.05) is 11.2 Å². The van der Waals surface area contributed by atoms with Crippen LogP contribution in [0.1, 0.15) is 46.0 Å². The Bertz CT molecular complexity index is 769. The summed E-state index contributed by atoms with van der Waals surface area (Å²) in [6.45, 7) is -1.46. The van der Waals surface area contributed by atoms with Crippen LogP contribution in [0, 0.1) is 0 Å². The molecule has 1 aromatic carbocycles. The van der Waals surface area contributed by atoms with Crippen molar-refractivity contribution >= 4 is 17.5 Å². The number of hydrogen-bond acceptors (Lipinski definition) is 5. The fourth-order valence-corrected chi connectivity index (χ4v) is 3.15. The molecule has 0 saturated heterocycles. The minimum atomic E-state index is -4.36. The van der Waals surface area contributed by atoms with E-state index < -0.39 is 12.8 Å². The average Bonchev–Trinajstić information content (AvgIpc) is 3.29. The highest BCUT2D eigenvalue weighted by Gasteiger charge is 2.33. The zero-order chi connectivity index (χ0) is 18.0. The van der Waals surface area contributed by atoms with E-state index in [1.54, 1.807) is 18.2 Å². The van der Waals surface area contributed by atoms with Crippen LogP contribution in [0.15, 0.2) is 33.8 Å². The molecule has 1 aliphatic rings. The number of thioether (sulfide) groups is 1. The zero-order valence-electron chi connectivity index (χ0n) is 13.4. The molecule has 8 heteroatoms. The van der Waals surface area contributed by atoms with Crippen LogP contribution in [0.25, 0.3) is 0 Å². The molecule has 0 atom stereocenters. The van der Waals surface area contributed by atoms with E-state index >= 15 is 0 Å². The van der Waals surface area contributed by atoms with Crippen LogP contribution in [-0.4, -0.2) is 30.0 Å². The molecule has 1 aromatic heterocycles. The van der Waals surface area contributed by atoms with E-state index in [0.29, 0.717) is 27.3 Å². The lowest BCUT2D eigenvalue weighted by Crippen LogP contribution is -2.16. The maximum atomic E-state index is 12.8. The van der Waals surface area contributed by atoms with Crippen molar-refractivity contribution in [2.45, 2.75) is 36.4 Å². The second-order valence-corrected chi connectivity index (χ2v) is 6.70. The Balaban J connectivity index is 1.77. The molecule has 25 heavy (non-hydrogen) atoms. The van der Waals surface area contributed by atoms with Crippen LogP contribution in [0.5, 0.6) is 0 Å². The van der Waals surface area contributed by atoms with E-state index in [9.17, 15) is 18.0 Å². The Morgan fingerprint density at radius 2 is 2.12 bits per heavy atom. The minimum Gasteiger partial charge on any atom is -0.367 e. The Morgan fingerprint density at radius 3 is 2.76 bits per heavy atom. The molecule has 4 nitrogen and oxygen atoms in total. The van der Waals surface area contributed by atoms with Gasteiger partial charge in [-0.15, -0.1) is 11.8 Å². The lowest BCUT2D eigenvalue weighted by molar-refractivity contribution is -0.176. The molecular weight excluding hydrogens is 355 g/mol. The summed E-state index contributed by atoms with van der Waals surface area (Å²) in [5.41, 5.74) is 1.52. The summed E-state index contributed by atoms with van der Waals surface area (Å²) in [5.74, 6) is 0.694. The number of ketones is 1. The first-order chi connectivity index (χ1) is 11.9. The normalized spacial score (nSPS) is 14.7. The number of hydrogen-bond donors (Lipinski definition) is 0. The number of benzene rings is 1. The van der Waals surface area contributed by atoms with Gasteiger partial charge < -0.3 is 9.26 Å². The number of ether oxygens (including phenoxy) is 1. The average molecular weight is 371 g/mol. The third kappa shape index (κ3) is 4.43. The molecule has 0 amide bonds. The van der Waals surface area contributed by atoms with Gasteiger partial charge in [-0.3, -0.25) is 4.79 Å². The fraction of sp³-hybridized carbons (Fsp3) is 0.412. The van der Waals surface area contributed by atoms with Gasteiger partial charge in [0.05, 0.1) is 18.4 Å². The van der Waals surface area contributed by atoms with Gasteiger partial charge in [0.25, 0.3) is 0 Å². The number of halogens is 3. The van der Waals surface area contributed by atoms with Crippen molar-refractivity contribution in [1.82, 2.24) is 5.16 Å². The molecule has 0 spiro atoms. The fourth-order valence-electron chi connectivity index (χ4n) is 2.50. The zero-order valence-corrected chi connectivity index (χ0v) is 14.2. The molecule has 1 fully saturated rings. The highest BCUT2D eigenvalue weighted by atomic mass is 32.2. The maximum Gasteiger partial charge on any atom is 0.411 e. The highest BCUT2D eigenvalue weighted by Crippen LogP contribution is 2.42. The number of carbonyl (C=O) groups excluding carboxylic acids is 1. The second-order valence-electron chi connectivity index (χ2n) is 5.85. The lowest BCUT2D eigenvalue weighted by atomic mass is 10.0. The van der Waals surface area contributed by atoms with E-state index in [-0.39, 0.29) is 18.3 Å². The van der Waals surface area contributed by atoms with E-state index in [1.807, 2.05) is 6.26 Å². The molecular formula is C17H16F3NO3S. The largest absolute Gasteiger partial charge is 0.411 e. The molecule has 0 aliphatic heterocycles. The van der Waals surface area contributed by atoms with E-state index in [1.165, 1.54) is 18.0 Å². The summed E-state index contributed by atoms with van der Waals surface area (Å²) < 4.78 is 46.3. The van der Waals surface area contributed by atoms with Crippen molar-refractivity contribution in [3.8, 4) is 0 Å². The first-order valence-corrected chi connectivity index (χ1v) is 8.92. The lowest BCUT2D eigenvalue weighted by Gasteiger charge is -2.11. The number of nitrogens with zero attached hydrogens (tertiary/aromatic N) is 1. The van der Waals surface area contributed by atoms with E-state index in [4.69, 9.17) is 4.52 Å². The molecule has 3 rings (SSSR count). The molecule has 0 radical (unpaired) electrons. The van der Waals surface area contributed by atoms with E-state index in [2.05, 4.69) is 9.89 Å². The minimum absolute atomic E-state index is 0.165. The molecule has 1 saturated carbocycles. The third-order valence-electron chi connectivity index (χ3n) is 3.84. The molecule has 0 N–H and O–H groups in total. The van der Waals surface area contributed by atoms with Gasteiger partial charge in [0.1, 0.15) is 6.61 Å². The monoisotopic (exact) mass is 371 g/mol. The summed E-state index contributed by atoms with van der Waals surface area (Å²) in [7, 11) is 0.